The number of benzene rings is 1. The van der Waals surface area contributed by atoms with Crippen molar-refractivity contribution in [3.8, 4) is 0 Å². The Labute approximate surface area is 132 Å². The molecule has 2 nitrogen and oxygen atoms in total. The number of thiocarbonyl (C=S) groups is 1. The molecule has 4 heteroatoms. The number of hydrogen-bond donors (Lipinski definition) is 2. The molecule has 0 atom stereocenters. The highest BCUT2D eigenvalue weighted by molar-refractivity contribution is 7.99. The maximum atomic E-state index is 5.28. The Kier molecular flexibility index (Phi) is 7.23. The second-order valence-corrected chi connectivity index (χ2v) is 7.05. The summed E-state index contributed by atoms with van der Waals surface area (Å²) in [6.45, 7) is 0.957. The average Bonchev–Trinajstić information content (AvgIpc) is 2.49. The van der Waals surface area contributed by atoms with E-state index >= 15 is 0 Å². The van der Waals surface area contributed by atoms with Crippen molar-refractivity contribution in [1.82, 2.24) is 5.32 Å². The van der Waals surface area contributed by atoms with Gasteiger partial charge in [-0.15, -0.1) is 0 Å². The summed E-state index contributed by atoms with van der Waals surface area (Å²) in [6, 6.07) is 10.1. The minimum Gasteiger partial charge on any atom is -0.362 e. The van der Waals surface area contributed by atoms with E-state index in [9.17, 15) is 0 Å². The monoisotopic (exact) mass is 308 g/mol. The highest BCUT2D eigenvalue weighted by Gasteiger charge is 2.12. The van der Waals surface area contributed by atoms with Crippen LogP contribution in [0.2, 0.25) is 0 Å². The Balaban J connectivity index is 1.51. The van der Waals surface area contributed by atoms with Gasteiger partial charge in [0.05, 0.1) is 0 Å². The minimum atomic E-state index is 0.721. The Morgan fingerprint density at radius 2 is 1.90 bits per heavy atom. The zero-order valence-electron chi connectivity index (χ0n) is 11.9. The lowest BCUT2D eigenvalue weighted by molar-refractivity contribution is 0.516. The second kappa shape index (κ2) is 9.24. The normalized spacial score (nSPS) is 15.8. The van der Waals surface area contributed by atoms with Crippen LogP contribution in [0.5, 0.6) is 0 Å². The zero-order chi connectivity index (χ0) is 14.0. The summed E-state index contributed by atoms with van der Waals surface area (Å²) in [7, 11) is 0. The van der Waals surface area contributed by atoms with Gasteiger partial charge in [-0.25, -0.2) is 0 Å². The molecule has 0 heterocycles. The first kappa shape index (κ1) is 15.6. The highest BCUT2D eigenvalue weighted by Crippen LogP contribution is 2.28. The molecule has 0 unspecified atom stereocenters. The molecule has 0 radical (unpaired) electrons. The van der Waals surface area contributed by atoms with Gasteiger partial charge in [0.1, 0.15) is 0 Å². The van der Waals surface area contributed by atoms with Gasteiger partial charge in [0.2, 0.25) is 0 Å². The van der Waals surface area contributed by atoms with Crippen LogP contribution in [0.25, 0.3) is 0 Å². The van der Waals surface area contributed by atoms with Crippen molar-refractivity contribution in [3.05, 3.63) is 30.3 Å². The first-order chi connectivity index (χ1) is 9.84. The summed E-state index contributed by atoms with van der Waals surface area (Å²) in [4.78, 5) is 0. The van der Waals surface area contributed by atoms with E-state index in [1.165, 1.54) is 44.3 Å². The third-order valence-corrected chi connectivity index (χ3v) is 5.26. The smallest absolute Gasteiger partial charge is 0.170 e. The fraction of sp³-hybridized carbons (Fsp3) is 0.562. The lowest BCUT2D eigenvalue weighted by Crippen LogP contribution is -2.29. The molecular weight excluding hydrogens is 284 g/mol. The molecule has 1 aromatic rings. The predicted molar refractivity (Wildman–Crippen MR) is 94.6 cm³/mol. The molecule has 110 valence electrons. The van der Waals surface area contributed by atoms with Crippen molar-refractivity contribution in [3.63, 3.8) is 0 Å². The maximum absolute atomic E-state index is 5.28. The van der Waals surface area contributed by atoms with Crippen LogP contribution >= 0.6 is 24.0 Å². The Hall–Kier alpha value is -0.740. The van der Waals surface area contributed by atoms with Crippen molar-refractivity contribution in [2.45, 2.75) is 43.8 Å². The summed E-state index contributed by atoms with van der Waals surface area (Å²) in [5.74, 6) is 1.24. The molecule has 1 aromatic carbocycles. The number of hydrogen-bond acceptors (Lipinski definition) is 2. The van der Waals surface area contributed by atoms with E-state index in [-0.39, 0.29) is 0 Å². The van der Waals surface area contributed by atoms with Gasteiger partial charge in [-0.3, -0.25) is 0 Å². The van der Waals surface area contributed by atoms with Gasteiger partial charge >= 0.3 is 0 Å². The molecule has 0 aliphatic heterocycles. The number of thioether (sulfide) groups is 1. The predicted octanol–water partition coefficient (Wildman–Crippen LogP) is 4.43. The van der Waals surface area contributed by atoms with Crippen molar-refractivity contribution < 1.29 is 0 Å². The van der Waals surface area contributed by atoms with Crippen LogP contribution in [-0.2, 0) is 0 Å². The zero-order valence-corrected chi connectivity index (χ0v) is 13.6. The van der Waals surface area contributed by atoms with E-state index in [0.29, 0.717) is 0 Å². The fourth-order valence-corrected chi connectivity index (χ4v) is 3.98. The van der Waals surface area contributed by atoms with Gasteiger partial charge in [0.25, 0.3) is 0 Å². The first-order valence-electron chi connectivity index (χ1n) is 7.56. The van der Waals surface area contributed by atoms with Gasteiger partial charge in [-0.1, -0.05) is 37.5 Å². The van der Waals surface area contributed by atoms with Gasteiger partial charge in [0.15, 0.2) is 5.11 Å². The first-order valence-corrected chi connectivity index (χ1v) is 9.02. The second-order valence-electron chi connectivity index (χ2n) is 5.23. The summed E-state index contributed by atoms with van der Waals surface area (Å²) in [5, 5.41) is 8.11. The molecule has 1 aliphatic carbocycles. The van der Waals surface area contributed by atoms with E-state index in [1.54, 1.807) is 0 Å². The Morgan fingerprint density at radius 3 is 2.65 bits per heavy atom. The molecule has 0 aromatic heterocycles. The topological polar surface area (TPSA) is 24.1 Å². The van der Waals surface area contributed by atoms with E-state index in [1.807, 2.05) is 30.3 Å². The van der Waals surface area contributed by atoms with Crippen LogP contribution in [0.1, 0.15) is 38.5 Å². The molecule has 0 amide bonds. The van der Waals surface area contributed by atoms with Crippen molar-refractivity contribution in [2.24, 2.45) is 0 Å². The molecule has 1 saturated carbocycles. The quantitative estimate of drug-likeness (QED) is 0.600. The molecule has 1 aliphatic rings. The average molecular weight is 309 g/mol. The molecule has 0 bridgehead atoms. The molecule has 0 spiro atoms. The van der Waals surface area contributed by atoms with Crippen LogP contribution in [0.4, 0.5) is 5.69 Å². The van der Waals surface area contributed by atoms with E-state index < -0.39 is 0 Å². The van der Waals surface area contributed by atoms with Crippen molar-refractivity contribution in [2.75, 3.05) is 17.6 Å². The summed E-state index contributed by atoms with van der Waals surface area (Å²) in [6.07, 6.45) is 8.33. The number of anilines is 1. The van der Waals surface area contributed by atoms with Crippen LogP contribution in [-0.4, -0.2) is 22.7 Å². The molecule has 2 rings (SSSR count). The van der Waals surface area contributed by atoms with E-state index in [2.05, 4.69) is 22.4 Å². The fourth-order valence-electron chi connectivity index (χ4n) is 2.45. The van der Waals surface area contributed by atoms with Crippen molar-refractivity contribution >= 4 is 34.8 Å². The summed E-state index contributed by atoms with van der Waals surface area (Å²) in [5.41, 5.74) is 1.04. The molecule has 20 heavy (non-hydrogen) atoms. The maximum Gasteiger partial charge on any atom is 0.170 e. The number of nitrogens with one attached hydrogen (secondary N) is 2. The standard InChI is InChI=1S/C16H24N2S2/c19-16(18-14-8-3-1-4-9-14)17-12-7-13-20-15-10-5-2-6-11-15/h1,3-4,8-9,15H,2,5-7,10-13H2,(H2,17,18,19). The van der Waals surface area contributed by atoms with E-state index in [4.69, 9.17) is 12.2 Å². The lowest BCUT2D eigenvalue weighted by atomic mass is 10.0. The van der Waals surface area contributed by atoms with Crippen LogP contribution in [0.15, 0.2) is 30.3 Å². The van der Waals surface area contributed by atoms with Gasteiger partial charge < -0.3 is 10.6 Å². The summed E-state index contributed by atoms with van der Waals surface area (Å²) < 4.78 is 0. The van der Waals surface area contributed by atoms with Crippen LogP contribution < -0.4 is 10.6 Å². The minimum absolute atomic E-state index is 0.721. The number of rotatable bonds is 6. The third kappa shape index (κ3) is 6.14. The van der Waals surface area contributed by atoms with Crippen LogP contribution in [0.3, 0.4) is 0 Å². The molecule has 0 saturated heterocycles. The van der Waals surface area contributed by atoms with Gasteiger partial charge in [0, 0.05) is 17.5 Å². The lowest BCUT2D eigenvalue weighted by Gasteiger charge is -2.20. The highest BCUT2D eigenvalue weighted by atomic mass is 32.2. The summed E-state index contributed by atoms with van der Waals surface area (Å²) >= 11 is 7.43. The van der Waals surface area contributed by atoms with Crippen molar-refractivity contribution in [1.29, 1.82) is 0 Å². The SMILES string of the molecule is S=C(NCCCSC1CCCCC1)Nc1ccccc1. The third-order valence-electron chi connectivity index (χ3n) is 3.54. The number of para-hydroxylation sites is 1. The molecular formula is C16H24N2S2. The van der Waals surface area contributed by atoms with E-state index in [0.717, 1.165) is 22.6 Å². The Morgan fingerprint density at radius 1 is 1.15 bits per heavy atom. The van der Waals surface area contributed by atoms with Crippen LogP contribution in [0, 0.1) is 0 Å². The largest absolute Gasteiger partial charge is 0.362 e. The Bertz CT molecular complexity index is 389. The molecule has 1 fully saturated rings. The van der Waals surface area contributed by atoms with Gasteiger partial charge in [-0.05, 0) is 49.4 Å². The van der Waals surface area contributed by atoms with Gasteiger partial charge in [-0.2, -0.15) is 11.8 Å². The molecule has 2 N–H and O–H groups in total.